The first-order valence-corrected chi connectivity index (χ1v) is 5.52. The van der Waals surface area contributed by atoms with E-state index >= 15 is 0 Å². The van der Waals surface area contributed by atoms with Crippen LogP contribution in [-0.2, 0) is 12.8 Å². The van der Waals surface area contributed by atoms with Gasteiger partial charge in [-0.05, 0) is 47.9 Å². The molecule has 1 aliphatic carbocycles. The van der Waals surface area contributed by atoms with E-state index in [1.54, 1.807) is 0 Å². The fourth-order valence-electron chi connectivity index (χ4n) is 2.25. The van der Waals surface area contributed by atoms with Crippen molar-refractivity contribution in [2.24, 2.45) is 11.7 Å². The van der Waals surface area contributed by atoms with Crippen LogP contribution in [0, 0.1) is 5.92 Å². The van der Waals surface area contributed by atoms with Gasteiger partial charge in [0.1, 0.15) is 0 Å². The number of hydrogen-bond donors (Lipinski definition) is 1. The van der Waals surface area contributed by atoms with E-state index in [1.165, 1.54) is 29.5 Å². The average molecular weight is 189 g/mol. The highest BCUT2D eigenvalue weighted by Crippen LogP contribution is 2.28. The van der Waals surface area contributed by atoms with Gasteiger partial charge in [-0.2, -0.15) is 0 Å². The number of benzene rings is 1. The molecule has 0 saturated carbocycles. The van der Waals surface area contributed by atoms with Crippen LogP contribution in [0.1, 0.15) is 36.5 Å². The van der Waals surface area contributed by atoms with Gasteiger partial charge in [0, 0.05) is 0 Å². The molecule has 1 heteroatoms. The highest BCUT2D eigenvalue weighted by atomic mass is 14.6. The molecule has 1 aromatic carbocycles. The molecule has 1 nitrogen and oxygen atoms in total. The molecule has 14 heavy (non-hydrogen) atoms. The lowest BCUT2D eigenvalue weighted by Crippen LogP contribution is -2.13. The predicted octanol–water partition coefficient (Wildman–Crippen LogP) is 2.48. The van der Waals surface area contributed by atoms with Crippen LogP contribution in [0.5, 0.6) is 0 Å². The first kappa shape index (κ1) is 9.72. The Morgan fingerprint density at radius 2 is 2.00 bits per heavy atom. The van der Waals surface area contributed by atoms with Crippen molar-refractivity contribution < 1.29 is 0 Å². The van der Waals surface area contributed by atoms with E-state index in [4.69, 9.17) is 5.73 Å². The number of fused-ring (bicyclic) bond motifs is 1. The Morgan fingerprint density at radius 3 is 2.64 bits per heavy atom. The second-order valence-corrected chi connectivity index (χ2v) is 4.69. The molecule has 0 aromatic heterocycles. The van der Waals surface area contributed by atoms with E-state index < -0.39 is 0 Å². The summed E-state index contributed by atoms with van der Waals surface area (Å²) in [5.74, 6) is 1.32. The summed E-state index contributed by atoms with van der Waals surface area (Å²) in [5, 5.41) is 0. The van der Waals surface area contributed by atoms with Gasteiger partial charge < -0.3 is 5.73 Å². The third-order valence-electron chi connectivity index (χ3n) is 3.25. The van der Waals surface area contributed by atoms with Gasteiger partial charge in [-0.3, -0.25) is 0 Å². The van der Waals surface area contributed by atoms with Crippen molar-refractivity contribution in [1.82, 2.24) is 0 Å². The zero-order chi connectivity index (χ0) is 10.1. The number of nitrogens with two attached hydrogens (primary N) is 1. The van der Waals surface area contributed by atoms with Gasteiger partial charge in [-0.15, -0.1) is 0 Å². The average Bonchev–Trinajstić information content (AvgIpc) is 2.58. The fraction of sp³-hybridized carbons (Fsp3) is 0.538. The van der Waals surface area contributed by atoms with E-state index in [-0.39, 0.29) is 0 Å². The Morgan fingerprint density at radius 1 is 1.29 bits per heavy atom. The van der Waals surface area contributed by atoms with Crippen molar-refractivity contribution in [2.45, 2.75) is 32.6 Å². The summed E-state index contributed by atoms with van der Waals surface area (Å²) in [6.45, 7) is 5.32. The van der Waals surface area contributed by atoms with Gasteiger partial charge in [-0.25, -0.2) is 0 Å². The van der Waals surface area contributed by atoms with E-state index in [9.17, 15) is 0 Å². The van der Waals surface area contributed by atoms with E-state index in [2.05, 4.69) is 32.0 Å². The molecule has 1 unspecified atom stereocenters. The summed E-state index contributed by atoms with van der Waals surface area (Å²) in [6, 6.07) is 6.93. The van der Waals surface area contributed by atoms with E-state index in [0.717, 1.165) is 6.54 Å². The summed E-state index contributed by atoms with van der Waals surface area (Å²) in [4.78, 5) is 0. The molecule has 0 saturated heterocycles. The van der Waals surface area contributed by atoms with Gasteiger partial charge in [0.05, 0.1) is 0 Å². The van der Waals surface area contributed by atoms with Crippen LogP contribution >= 0.6 is 0 Å². The monoisotopic (exact) mass is 189 g/mol. The minimum absolute atomic E-state index is 0.636. The molecular formula is C13H19N. The molecule has 0 spiro atoms. The van der Waals surface area contributed by atoms with Crippen LogP contribution < -0.4 is 5.73 Å². The summed E-state index contributed by atoms with van der Waals surface area (Å²) in [7, 11) is 0. The molecule has 1 aliphatic rings. The second-order valence-electron chi connectivity index (χ2n) is 4.69. The first-order valence-electron chi connectivity index (χ1n) is 5.52. The van der Waals surface area contributed by atoms with Crippen molar-refractivity contribution >= 4 is 0 Å². The Hall–Kier alpha value is -0.820. The molecule has 76 valence electrons. The van der Waals surface area contributed by atoms with Crippen molar-refractivity contribution in [1.29, 1.82) is 0 Å². The molecular weight excluding hydrogens is 170 g/mol. The van der Waals surface area contributed by atoms with Crippen LogP contribution in [0.15, 0.2) is 18.2 Å². The fourth-order valence-corrected chi connectivity index (χ4v) is 2.25. The number of hydrogen-bond acceptors (Lipinski definition) is 1. The molecule has 0 aliphatic heterocycles. The molecule has 0 heterocycles. The van der Waals surface area contributed by atoms with Crippen molar-refractivity contribution in [3.8, 4) is 0 Å². The second kappa shape index (κ2) is 3.74. The molecule has 1 atom stereocenters. The molecule has 2 rings (SSSR count). The van der Waals surface area contributed by atoms with Crippen LogP contribution in [0.25, 0.3) is 0 Å². The maximum Gasteiger partial charge on any atom is -0.00425 e. The summed E-state index contributed by atoms with van der Waals surface area (Å²) in [6.07, 6.45) is 2.37. The predicted molar refractivity (Wildman–Crippen MR) is 60.5 cm³/mol. The zero-order valence-corrected chi connectivity index (χ0v) is 9.09. The quantitative estimate of drug-likeness (QED) is 0.760. The van der Waals surface area contributed by atoms with Gasteiger partial charge in [0.15, 0.2) is 0 Å². The topological polar surface area (TPSA) is 26.0 Å². The molecule has 0 radical (unpaired) electrons. The lowest BCUT2D eigenvalue weighted by molar-refractivity contribution is 0.575. The minimum Gasteiger partial charge on any atom is -0.330 e. The maximum atomic E-state index is 5.71. The minimum atomic E-state index is 0.636. The van der Waals surface area contributed by atoms with Gasteiger partial charge in [0.2, 0.25) is 0 Å². The lowest BCUT2D eigenvalue weighted by atomic mass is 9.99. The highest BCUT2D eigenvalue weighted by molar-refractivity contribution is 5.37. The third-order valence-corrected chi connectivity index (χ3v) is 3.25. The number of rotatable bonds is 2. The highest BCUT2D eigenvalue weighted by Gasteiger charge is 2.20. The van der Waals surface area contributed by atoms with Crippen molar-refractivity contribution in [2.75, 3.05) is 6.54 Å². The van der Waals surface area contributed by atoms with Crippen LogP contribution in [0.4, 0.5) is 0 Å². The SMILES string of the molecule is CC(C)c1ccc2c(c1)CC(CN)C2. The molecule has 2 N–H and O–H groups in total. The van der Waals surface area contributed by atoms with Gasteiger partial charge in [-0.1, -0.05) is 32.0 Å². The molecule has 1 aromatic rings. The zero-order valence-electron chi connectivity index (χ0n) is 9.09. The Kier molecular flexibility index (Phi) is 2.60. The third kappa shape index (κ3) is 1.69. The molecule has 0 bridgehead atoms. The van der Waals surface area contributed by atoms with Crippen LogP contribution in [0.2, 0.25) is 0 Å². The van der Waals surface area contributed by atoms with Crippen molar-refractivity contribution in [3.05, 3.63) is 34.9 Å². The van der Waals surface area contributed by atoms with Crippen LogP contribution in [0.3, 0.4) is 0 Å². The van der Waals surface area contributed by atoms with Crippen LogP contribution in [-0.4, -0.2) is 6.54 Å². The first-order chi connectivity index (χ1) is 6.70. The smallest absolute Gasteiger partial charge is 0.00425 e. The summed E-state index contributed by atoms with van der Waals surface area (Å²) >= 11 is 0. The van der Waals surface area contributed by atoms with Gasteiger partial charge in [0.25, 0.3) is 0 Å². The van der Waals surface area contributed by atoms with Gasteiger partial charge >= 0.3 is 0 Å². The molecule has 0 amide bonds. The Bertz CT molecular complexity index is 328. The summed E-state index contributed by atoms with van der Waals surface area (Å²) < 4.78 is 0. The Labute approximate surface area is 86.3 Å². The summed E-state index contributed by atoms with van der Waals surface area (Å²) in [5.41, 5.74) is 10.2. The normalized spacial score (nSPS) is 20.1. The Balaban J connectivity index is 2.26. The van der Waals surface area contributed by atoms with Crippen molar-refractivity contribution in [3.63, 3.8) is 0 Å². The van der Waals surface area contributed by atoms with E-state index in [1.807, 2.05) is 0 Å². The lowest BCUT2D eigenvalue weighted by Gasteiger charge is -2.07. The largest absolute Gasteiger partial charge is 0.330 e. The standard InChI is InChI=1S/C13H19N/c1-9(2)11-3-4-12-5-10(8-14)6-13(12)7-11/h3-4,7,9-10H,5-6,8,14H2,1-2H3. The van der Waals surface area contributed by atoms with E-state index in [0.29, 0.717) is 11.8 Å². The molecule has 0 fully saturated rings. The maximum absolute atomic E-state index is 5.71.